The number of amides is 1. The van der Waals surface area contributed by atoms with Crippen LogP contribution in [0.5, 0.6) is 5.75 Å². The van der Waals surface area contributed by atoms with Crippen molar-refractivity contribution in [3.8, 4) is 5.75 Å². The van der Waals surface area contributed by atoms with Crippen LogP contribution in [0, 0.1) is 6.92 Å². The number of carbonyl (C=O) groups is 1. The molecule has 0 heterocycles. The van der Waals surface area contributed by atoms with Crippen LogP contribution in [-0.4, -0.2) is 19.1 Å². The number of hydrogen-bond donors (Lipinski definition) is 2. The summed E-state index contributed by atoms with van der Waals surface area (Å²) < 4.78 is 5.49. The number of nitrogens with one attached hydrogen (secondary N) is 1. The van der Waals surface area contributed by atoms with E-state index in [0.29, 0.717) is 25.3 Å². The fraction of sp³-hybridized carbons (Fsp3) is 0.417. The molecule has 1 aromatic carbocycles. The minimum absolute atomic E-state index is 0.00376. The maximum Gasteiger partial charge on any atom is 0.223 e. The fourth-order valence-electron chi connectivity index (χ4n) is 1.31. The van der Waals surface area contributed by atoms with Crippen molar-refractivity contribution in [3.05, 3.63) is 23.8 Å². The second kappa shape index (κ2) is 6.00. The van der Waals surface area contributed by atoms with Gasteiger partial charge in [0.1, 0.15) is 5.75 Å². The van der Waals surface area contributed by atoms with Gasteiger partial charge >= 0.3 is 0 Å². The van der Waals surface area contributed by atoms with Gasteiger partial charge in [0.25, 0.3) is 0 Å². The minimum atomic E-state index is 0.00376. The van der Waals surface area contributed by atoms with Crippen LogP contribution in [0.25, 0.3) is 0 Å². The molecule has 1 amide bonds. The first-order chi connectivity index (χ1) is 7.63. The van der Waals surface area contributed by atoms with E-state index in [-0.39, 0.29) is 5.91 Å². The van der Waals surface area contributed by atoms with Crippen LogP contribution in [0.1, 0.15) is 18.9 Å². The molecular weight excluding hydrogens is 204 g/mol. The van der Waals surface area contributed by atoms with Gasteiger partial charge in [-0.25, -0.2) is 0 Å². The van der Waals surface area contributed by atoms with Crippen molar-refractivity contribution in [1.82, 2.24) is 5.32 Å². The summed E-state index contributed by atoms with van der Waals surface area (Å²) in [5, 5.41) is 2.71. The molecule has 0 radical (unpaired) electrons. The van der Waals surface area contributed by atoms with Crippen LogP contribution >= 0.6 is 0 Å². The van der Waals surface area contributed by atoms with E-state index in [1.165, 1.54) is 0 Å². The topological polar surface area (TPSA) is 64.3 Å². The number of nitrogens with two attached hydrogens (primary N) is 1. The number of ether oxygens (including phenoxy) is 1. The normalized spacial score (nSPS) is 9.88. The minimum Gasteiger partial charge on any atom is -0.493 e. The molecule has 0 bridgehead atoms. The van der Waals surface area contributed by atoms with E-state index >= 15 is 0 Å². The first-order valence-electron chi connectivity index (χ1n) is 5.39. The monoisotopic (exact) mass is 222 g/mol. The van der Waals surface area contributed by atoms with Gasteiger partial charge in [0.05, 0.1) is 13.0 Å². The lowest BCUT2D eigenvalue weighted by Gasteiger charge is -2.09. The first kappa shape index (κ1) is 12.4. The van der Waals surface area contributed by atoms with Crippen molar-refractivity contribution in [1.29, 1.82) is 0 Å². The summed E-state index contributed by atoms with van der Waals surface area (Å²) >= 11 is 0. The molecule has 0 saturated heterocycles. The molecule has 1 rings (SSSR count). The molecule has 16 heavy (non-hydrogen) atoms. The highest BCUT2D eigenvalue weighted by Gasteiger charge is 2.02. The highest BCUT2D eigenvalue weighted by atomic mass is 16.5. The van der Waals surface area contributed by atoms with Crippen LogP contribution in [0.4, 0.5) is 5.69 Å². The van der Waals surface area contributed by atoms with Crippen LogP contribution < -0.4 is 15.8 Å². The molecule has 0 fully saturated rings. The van der Waals surface area contributed by atoms with Gasteiger partial charge in [0.15, 0.2) is 0 Å². The van der Waals surface area contributed by atoms with E-state index in [1.54, 1.807) is 6.07 Å². The number of carbonyl (C=O) groups excluding carboxylic acids is 1. The lowest BCUT2D eigenvalue weighted by Crippen LogP contribution is -2.24. The molecule has 0 atom stereocenters. The van der Waals surface area contributed by atoms with Crippen molar-refractivity contribution in [2.24, 2.45) is 0 Å². The third-order valence-corrected chi connectivity index (χ3v) is 2.17. The zero-order valence-corrected chi connectivity index (χ0v) is 9.75. The summed E-state index contributed by atoms with van der Waals surface area (Å²) in [5.41, 5.74) is 7.33. The Morgan fingerprint density at radius 3 is 2.94 bits per heavy atom. The predicted molar refractivity (Wildman–Crippen MR) is 64.4 cm³/mol. The van der Waals surface area contributed by atoms with E-state index in [0.717, 1.165) is 11.3 Å². The molecule has 0 unspecified atom stereocenters. The van der Waals surface area contributed by atoms with E-state index in [9.17, 15) is 4.79 Å². The molecule has 0 aliphatic carbocycles. The molecule has 0 aliphatic heterocycles. The maximum absolute atomic E-state index is 11.2. The van der Waals surface area contributed by atoms with E-state index < -0.39 is 0 Å². The van der Waals surface area contributed by atoms with Gasteiger partial charge < -0.3 is 15.8 Å². The third-order valence-electron chi connectivity index (χ3n) is 2.17. The number of hydrogen-bond acceptors (Lipinski definition) is 3. The Kier molecular flexibility index (Phi) is 4.64. The van der Waals surface area contributed by atoms with Gasteiger partial charge in [-0.2, -0.15) is 0 Å². The van der Waals surface area contributed by atoms with Crippen molar-refractivity contribution in [3.63, 3.8) is 0 Å². The highest BCUT2D eigenvalue weighted by molar-refractivity contribution is 5.75. The van der Waals surface area contributed by atoms with Gasteiger partial charge in [-0.1, -0.05) is 6.07 Å². The fourth-order valence-corrected chi connectivity index (χ4v) is 1.31. The number of benzene rings is 1. The summed E-state index contributed by atoms with van der Waals surface area (Å²) in [5.74, 6) is 0.744. The Morgan fingerprint density at radius 1 is 1.50 bits per heavy atom. The molecule has 0 saturated carbocycles. The lowest BCUT2D eigenvalue weighted by molar-refractivity contribution is -0.121. The van der Waals surface area contributed by atoms with Gasteiger partial charge in [-0.05, 0) is 25.5 Å². The molecule has 4 nitrogen and oxygen atoms in total. The van der Waals surface area contributed by atoms with Gasteiger partial charge in [0.2, 0.25) is 5.91 Å². The van der Waals surface area contributed by atoms with Crippen molar-refractivity contribution in [2.75, 3.05) is 18.9 Å². The zero-order valence-electron chi connectivity index (χ0n) is 9.75. The van der Waals surface area contributed by atoms with E-state index in [1.807, 2.05) is 26.0 Å². The van der Waals surface area contributed by atoms with E-state index in [2.05, 4.69) is 5.32 Å². The zero-order chi connectivity index (χ0) is 12.0. The number of nitrogen functional groups attached to an aromatic ring is 1. The second-order valence-electron chi connectivity index (χ2n) is 3.58. The summed E-state index contributed by atoms with van der Waals surface area (Å²) in [6.45, 7) is 4.86. The summed E-state index contributed by atoms with van der Waals surface area (Å²) in [6.07, 6.45) is 0.363. The van der Waals surface area contributed by atoms with Crippen molar-refractivity contribution < 1.29 is 9.53 Å². The Balaban J connectivity index is 2.42. The Morgan fingerprint density at radius 2 is 2.25 bits per heavy atom. The van der Waals surface area contributed by atoms with Gasteiger partial charge in [-0.3, -0.25) is 4.79 Å². The van der Waals surface area contributed by atoms with Crippen molar-refractivity contribution in [2.45, 2.75) is 20.3 Å². The maximum atomic E-state index is 11.2. The Hall–Kier alpha value is -1.71. The molecular formula is C12H18N2O2. The van der Waals surface area contributed by atoms with Gasteiger partial charge in [-0.15, -0.1) is 0 Å². The van der Waals surface area contributed by atoms with Crippen LogP contribution in [0.2, 0.25) is 0 Å². The Labute approximate surface area is 95.8 Å². The smallest absolute Gasteiger partial charge is 0.223 e. The van der Waals surface area contributed by atoms with Gasteiger partial charge in [0, 0.05) is 18.3 Å². The molecule has 0 spiro atoms. The average Bonchev–Trinajstić information content (AvgIpc) is 2.23. The number of anilines is 1. The summed E-state index contributed by atoms with van der Waals surface area (Å²) in [6, 6.07) is 5.50. The third kappa shape index (κ3) is 3.81. The molecule has 3 N–H and O–H groups in total. The first-order valence-corrected chi connectivity index (χ1v) is 5.39. The van der Waals surface area contributed by atoms with Crippen LogP contribution in [0.15, 0.2) is 18.2 Å². The van der Waals surface area contributed by atoms with Crippen LogP contribution in [-0.2, 0) is 4.79 Å². The standard InChI is InChI=1S/C12H18N2O2/c1-3-14-12(15)6-7-16-11-8-10(13)5-4-9(11)2/h4-5,8H,3,6-7,13H2,1-2H3,(H,14,15). The largest absolute Gasteiger partial charge is 0.493 e. The van der Waals surface area contributed by atoms with Crippen molar-refractivity contribution >= 4 is 11.6 Å². The highest BCUT2D eigenvalue weighted by Crippen LogP contribution is 2.20. The number of aryl methyl sites for hydroxylation is 1. The Bertz CT molecular complexity index is 364. The molecule has 88 valence electrons. The summed E-state index contributed by atoms with van der Waals surface area (Å²) in [4.78, 5) is 11.2. The molecule has 1 aromatic rings. The van der Waals surface area contributed by atoms with E-state index in [4.69, 9.17) is 10.5 Å². The average molecular weight is 222 g/mol. The molecule has 4 heteroatoms. The van der Waals surface area contributed by atoms with Crippen LogP contribution in [0.3, 0.4) is 0 Å². The lowest BCUT2D eigenvalue weighted by atomic mass is 10.2. The SMILES string of the molecule is CCNC(=O)CCOc1cc(N)ccc1C. The summed E-state index contributed by atoms with van der Waals surface area (Å²) in [7, 11) is 0. The predicted octanol–water partition coefficient (Wildman–Crippen LogP) is 1.48. The molecule has 0 aliphatic rings. The molecule has 0 aromatic heterocycles. The second-order valence-corrected chi connectivity index (χ2v) is 3.58. The quantitative estimate of drug-likeness (QED) is 0.742. The number of rotatable bonds is 5.